The highest BCUT2D eigenvalue weighted by Crippen LogP contribution is 2.39. The van der Waals surface area contributed by atoms with Crippen LogP contribution in [0, 0.1) is 0 Å². The average Bonchev–Trinajstić information content (AvgIpc) is 3.15. The molecule has 34 heavy (non-hydrogen) atoms. The van der Waals surface area contributed by atoms with Gasteiger partial charge in [0, 0.05) is 13.0 Å². The van der Waals surface area contributed by atoms with E-state index in [0.29, 0.717) is 44.4 Å². The Hall–Kier alpha value is -2.59. The van der Waals surface area contributed by atoms with Gasteiger partial charge in [-0.15, -0.1) is 0 Å². The van der Waals surface area contributed by atoms with E-state index in [1.54, 1.807) is 0 Å². The predicted octanol–water partition coefficient (Wildman–Crippen LogP) is 5.17. The van der Waals surface area contributed by atoms with Crippen LogP contribution in [0.25, 0.3) is 0 Å². The zero-order valence-corrected chi connectivity index (χ0v) is 18.2. The topological polar surface area (TPSA) is 50.4 Å². The van der Waals surface area contributed by atoms with Crippen molar-refractivity contribution >= 4 is 5.91 Å². The van der Waals surface area contributed by atoms with Gasteiger partial charge in [0.1, 0.15) is 0 Å². The maximum atomic E-state index is 13.2. The van der Waals surface area contributed by atoms with Gasteiger partial charge < -0.3 is 15.4 Å². The normalized spacial score (nSPS) is 25.5. The number of carbonyl (C=O) groups is 1. The second kappa shape index (κ2) is 8.88. The van der Waals surface area contributed by atoms with Gasteiger partial charge in [-0.05, 0) is 48.6 Å². The highest BCUT2D eigenvalue weighted by Gasteiger charge is 2.46. The van der Waals surface area contributed by atoms with Gasteiger partial charge in [0.2, 0.25) is 5.91 Å². The Morgan fingerprint density at radius 2 is 1.53 bits per heavy atom. The Kier molecular flexibility index (Phi) is 6.41. The quantitative estimate of drug-likeness (QED) is 0.574. The summed E-state index contributed by atoms with van der Waals surface area (Å²) in [5.41, 5.74) is -3.08. The molecule has 2 atom stereocenters. The Bertz CT molecular complexity index is 996. The van der Waals surface area contributed by atoms with Gasteiger partial charge in [-0.1, -0.05) is 30.3 Å². The summed E-state index contributed by atoms with van der Waals surface area (Å²) in [5.74, 6) is -0.00437. The molecule has 4 nitrogen and oxygen atoms in total. The van der Waals surface area contributed by atoms with Crippen LogP contribution in [0.2, 0.25) is 0 Å². The highest BCUT2D eigenvalue weighted by atomic mass is 19.4. The molecule has 1 spiro atoms. The van der Waals surface area contributed by atoms with Crippen LogP contribution in [0.1, 0.15) is 47.9 Å². The van der Waals surface area contributed by atoms with Gasteiger partial charge in [-0.3, -0.25) is 4.79 Å². The molecule has 2 aromatic carbocycles. The van der Waals surface area contributed by atoms with E-state index in [0.717, 1.165) is 5.56 Å². The van der Waals surface area contributed by atoms with E-state index < -0.39 is 35.6 Å². The summed E-state index contributed by atoms with van der Waals surface area (Å²) in [6, 6.07) is 10.8. The monoisotopic (exact) mass is 486 g/mol. The van der Waals surface area contributed by atoms with Crippen LogP contribution in [0.3, 0.4) is 0 Å². The number of amides is 1. The second-order valence-electron chi connectivity index (χ2n) is 9.04. The Morgan fingerprint density at radius 3 is 2.03 bits per heavy atom. The fraction of sp³-hybridized carbons (Fsp3) is 0.458. The zero-order chi connectivity index (χ0) is 24.6. The first-order chi connectivity index (χ1) is 15.9. The maximum Gasteiger partial charge on any atom is 0.416 e. The number of ether oxygens (including phenoxy) is 1. The molecule has 0 aliphatic carbocycles. The average molecular weight is 486 g/mol. The van der Waals surface area contributed by atoms with Crippen molar-refractivity contribution in [3.8, 4) is 0 Å². The van der Waals surface area contributed by atoms with E-state index >= 15 is 0 Å². The summed E-state index contributed by atoms with van der Waals surface area (Å²) in [7, 11) is 0. The van der Waals surface area contributed by atoms with Crippen LogP contribution in [-0.4, -0.2) is 24.6 Å². The number of nitrogens with one attached hydrogen (secondary N) is 2. The van der Waals surface area contributed by atoms with Crippen molar-refractivity contribution in [1.29, 1.82) is 0 Å². The molecule has 0 radical (unpaired) electrons. The lowest BCUT2D eigenvalue weighted by molar-refractivity contribution is -0.143. The zero-order valence-electron chi connectivity index (χ0n) is 18.2. The molecule has 2 aromatic rings. The predicted molar refractivity (Wildman–Crippen MR) is 112 cm³/mol. The molecule has 0 unspecified atom stereocenters. The third-order valence-electron chi connectivity index (χ3n) is 6.62. The summed E-state index contributed by atoms with van der Waals surface area (Å²) in [5, 5.41) is 6.49. The molecule has 1 amide bonds. The minimum Gasteiger partial charge on any atom is -0.374 e. The molecule has 10 heteroatoms. The van der Waals surface area contributed by atoms with Gasteiger partial charge in [0.15, 0.2) is 0 Å². The number of alkyl halides is 6. The number of rotatable bonds is 5. The maximum absolute atomic E-state index is 13.2. The number of benzene rings is 2. The lowest BCUT2D eigenvalue weighted by atomic mass is 9.76. The van der Waals surface area contributed by atoms with E-state index in [1.165, 1.54) is 0 Å². The van der Waals surface area contributed by atoms with Crippen LogP contribution in [0.5, 0.6) is 0 Å². The third kappa shape index (κ3) is 5.22. The van der Waals surface area contributed by atoms with Crippen LogP contribution >= 0.6 is 0 Å². The molecule has 2 heterocycles. The number of halogens is 6. The standard InChI is InChI=1S/C24H24F6N2O2/c25-23(26,27)18-10-16(11-19(12-18)24(28,29)30)13-34-15-22(17-4-2-1-3-5-17)9-8-21(14-31-22)7-6-20(33)32-21/h1-5,10-12,31H,6-9,13-15H2,(H,32,33)/t21-,22-/m1/s1. The molecule has 2 aliphatic rings. The van der Waals surface area contributed by atoms with Gasteiger partial charge in [-0.25, -0.2) is 0 Å². The molecule has 0 bridgehead atoms. The fourth-order valence-corrected chi connectivity index (χ4v) is 4.72. The van der Waals surface area contributed by atoms with Crippen molar-refractivity contribution in [1.82, 2.24) is 10.6 Å². The van der Waals surface area contributed by atoms with Crippen LogP contribution in [0.4, 0.5) is 26.3 Å². The van der Waals surface area contributed by atoms with Gasteiger partial charge in [-0.2, -0.15) is 26.3 Å². The van der Waals surface area contributed by atoms with E-state index in [-0.39, 0.29) is 29.7 Å². The molecule has 0 saturated carbocycles. The molecule has 2 aliphatic heterocycles. The van der Waals surface area contributed by atoms with Gasteiger partial charge in [0.05, 0.1) is 35.4 Å². The summed E-state index contributed by atoms with van der Waals surface area (Å²) in [6.07, 6.45) is -7.42. The number of carbonyl (C=O) groups excluding carboxylic acids is 1. The SMILES string of the molecule is O=C1CC[C@]2(CC[C@@](COCc3cc(C(F)(F)F)cc(C(F)(F)F)c3)(c3ccccc3)NC2)N1. The smallest absolute Gasteiger partial charge is 0.374 e. The molecule has 2 fully saturated rings. The van der Waals surface area contributed by atoms with Crippen LogP contribution in [0.15, 0.2) is 48.5 Å². The number of hydrogen-bond donors (Lipinski definition) is 2. The van der Waals surface area contributed by atoms with E-state index in [9.17, 15) is 31.1 Å². The Morgan fingerprint density at radius 1 is 0.882 bits per heavy atom. The van der Waals surface area contributed by atoms with Crippen LogP contribution in [-0.2, 0) is 34.0 Å². The first-order valence-electron chi connectivity index (χ1n) is 10.9. The summed E-state index contributed by atoms with van der Waals surface area (Å²) in [4.78, 5) is 11.7. The summed E-state index contributed by atoms with van der Waals surface area (Å²) < 4.78 is 84.7. The second-order valence-corrected chi connectivity index (χ2v) is 9.04. The van der Waals surface area contributed by atoms with Crippen molar-refractivity contribution in [3.05, 3.63) is 70.8 Å². The number of piperidine rings is 1. The van der Waals surface area contributed by atoms with Crippen LogP contribution < -0.4 is 10.6 Å². The molecule has 184 valence electrons. The minimum absolute atomic E-state index is 0.00437. The third-order valence-corrected chi connectivity index (χ3v) is 6.62. The highest BCUT2D eigenvalue weighted by molar-refractivity contribution is 5.79. The first kappa shape index (κ1) is 24.5. The molecule has 0 aromatic heterocycles. The van der Waals surface area contributed by atoms with E-state index in [2.05, 4.69) is 10.6 Å². The summed E-state index contributed by atoms with van der Waals surface area (Å²) in [6.45, 7) is 0.114. The Balaban J connectivity index is 1.53. The van der Waals surface area contributed by atoms with Crippen molar-refractivity contribution in [3.63, 3.8) is 0 Å². The van der Waals surface area contributed by atoms with Crippen molar-refractivity contribution in [2.24, 2.45) is 0 Å². The van der Waals surface area contributed by atoms with Gasteiger partial charge in [0.25, 0.3) is 0 Å². The molecular formula is C24H24F6N2O2. The molecule has 4 rings (SSSR count). The lowest BCUT2D eigenvalue weighted by Crippen LogP contribution is -2.61. The molecule has 2 N–H and O–H groups in total. The van der Waals surface area contributed by atoms with Crippen molar-refractivity contribution < 1.29 is 35.9 Å². The summed E-state index contributed by atoms with van der Waals surface area (Å²) >= 11 is 0. The minimum atomic E-state index is -4.91. The fourth-order valence-electron chi connectivity index (χ4n) is 4.72. The largest absolute Gasteiger partial charge is 0.416 e. The number of hydrogen-bond acceptors (Lipinski definition) is 3. The Labute approximate surface area is 192 Å². The lowest BCUT2D eigenvalue weighted by Gasteiger charge is -2.46. The van der Waals surface area contributed by atoms with E-state index in [4.69, 9.17) is 4.74 Å². The van der Waals surface area contributed by atoms with Gasteiger partial charge >= 0.3 is 12.4 Å². The molecular weight excluding hydrogens is 462 g/mol. The van der Waals surface area contributed by atoms with E-state index in [1.807, 2.05) is 30.3 Å². The first-order valence-corrected chi connectivity index (χ1v) is 10.9. The van der Waals surface area contributed by atoms with Crippen molar-refractivity contribution in [2.75, 3.05) is 13.2 Å². The van der Waals surface area contributed by atoms with Crippen molar-refractivity contribution in [2.45, 2.75) is 55.7 Å². The molecule has 2 saturated heterocycles.